The predicted molar refractivity (Wildman–Crippen MR) is 60.4 cm³/mol. The Morgan fingerprint density at radius 2 is 2.33 bits per heavy atom. The Balaban J connectivity index is 2.00. The van der Waals surface area contributed by atoms with Gasteiger partial charge in [0, 0.05) is 0 Å². The molecule has 1 unspecified atom stereocenters. The molecule has 1 nitrogen and oxygen atoms in total. The van der Waals surface area contributed by atoms with Gasteiger partial charge in [0.2, 0.25) is 0 Å². The Kier molecular flexibility index (Phi) is 3.37. The third-order valence-electron chi connectivity index (χ3n) is 3.15. The zero-order chi connectivity index (χ0) is 10.7. The van der Waals surface area contributed by atoms with Gasteiger partial charge in [-0.05, 0) is 62.4 Å². The summed E-state index contributed by atoms with van der Waals surface area (Å²) in [6.07, 6.45) is 3.64. The van der Waals surface area contributed by atoms with E-state index in [2.05, 4.69) is 5.32 Å². The minimum atomic E-state index is -0.0967. The molecule has 1 aliphatic heterocycles. The fourth-order valence-corrected chi connectivity index (χ4v) is 2.27. The SMILES string of the molecule is Cc1cc(CC2CCCNC2)ccc1F. The van der Waals surface area contributed by atoms with E-state index in [0.29, 0.717) is 0 Å². The highest BCUT2D eigenvalue weighted by atomic mass is 19.1. The van der Waals surface area contributed by atoms with Crippen molar-refractivity contribution in [2.75, 3.05) is 13.1 Å². The summed E-state index contributed by atoms with van der Waals surface area (Å²) in [6.45, 7) is 4.09. The van der Waals surface area contributed by atoms with Gasteiger partial charge in [0.05, 0.1) is 0 Å². The molecule has 1 aromatic carbocycles. The predicted octanol–water partition coefficient (Wildman–Crippen LogP) is 2.68. The number of aryl methyl sites for hydroxylation is 1. The van der Waals surface area contributed by atoms with Crippen molar-refractivity contribution in [1.82, 2.24) is 5.32 Å². The highest BCUT2D eigenvalue weighted by Crippen LogP contribution is 2.18. The minimum Gasteiger partial charge on any atom is -0.316 e. The molecule has 1 fully saturated rings. The van der Waals surface area contributed by atoms with Gasteiger partial charge in [-0.2, -0.15) is 0 Å². The molecule has 1 saturated heterocycles. The molecule has 0 saturated carbocycles. The lowest BCUT2D eigenvalue weighted by Gasteiger charge is -2.22. The number of hydrogen-bond donors (Lipinski definition) is 1. The van der Waals surface area contributed by atoms with Crippen LogP contribution in [0.5, 0.6) is 0 Å². The lowest BCUT2D eigenvalue weighted by atomic mass is 9.92. The standard InChI is InChI=1S/C13H18FN/c1-10-7-11(4-5-13(10)14)8-12-3-2-6-15-9-12/h4-5,7,12,15H,2-3,6,8-9H2,1H3. The first-order valence-electron chi connectivity index (χ1n) is 5.71. The van der Waals surface area contributed by atoms with Crippen LogP contribution in [0.15, 0.2) is 18.2 Å². The number of piperidine rings is 1. The van der Waals surface area contributed by atoms with E-state index >= 15 is 0 Å². The Morgan fingerprint density at radius 3 is 3.00 bits per heavy atom. The number of benzene rings is 1. The maximum atomic E-state index is 13.1. The van der Waals surface area contributed by atoms with Crippen LogP contribution in [0.1, 0.15) is 24.0 Å². The van der Waals surface area contributed by atoms with Crippen molar-refractivity contribution in [1.29, 1.82) is 0 Å². The summed E-state index contributed by atoms with van der Waals surface area (Å²) >= 11 is 0. The van der Waals surface area contributed by atoms with Crippen molar-refractivity contribution in [2.45, 2.75) is 26.2 Å². The lowest BCUT2D eigenvalue weighted by molar-refractivity contribution is 0.376. The number of hydrogen-bond acceptors (Lipinski definition) is 1. The van der Waals surface area contributed by atoms with E-state index in [0.717, 1.165) is 31.0 Å². The topological polar surface area (TPSA) is 12.0 Å². The minimum absolute atomic E-state index is 0.0967. The van der Waals surface area contributed by atoms with Crippen molar-refractivity contribution in [3.8, 4) is 0 Å². The van der Waals surface area contributed by atoms with Gasteiger partial charge in [0.25, 0.3) is 0 Å². The van der Waals surface area contributed by atoms with Crippen LogP contribution in [0.3, 0.4) is 0 Å². The monoisotopic (exact) mass is 207 g/mol. The van der Waals surface area contributed by atoms with Crippen LogP contribution in [0.2, 0.25) is 0 Å². The van der Waals surface area contributed by atoms with Gasteiger partial charge in [-0.3, -0.25) is 0 Å². The smallest absolute Gasteiger partial charge is 0.126 e. The fraction of sp³-hybridized carbons (Fsp3) is 0.538. The second kappa shape index (κ2) is 4.75. The molecule has 2 heteroatoms. The fourth-order valence-electron chi connectivity index (χ4n) is 2.27. The molecule has 0 aliphatic carbocycles. The molecule has 0 amide bonds. The van der Waals surface area contributed by atoms with E-state index in [1.165, 1.54) is 18.4 Å². The van der Waals surface area contributed by atoms with Gasteiger partial charge in [-0.1, -0.05) is 12.1 Å². The van der Waals surface area contributed by atoms with E-state index in [-0.39, 0.29) is 5.82 Å². The first kappa shape index (κ1) is 10.6. The molecule has 0 aromatic heterocycles. The normalized spacial score (nSPS) is 21.6. The van der Waals surface area contributed by atoms with Crippen LogP contribution in [-0.4, -0.2) is 13.1 Å². The van der Waals surface area contributed by atoms with Gasteiger partial charge < -0.3 is 5.32 Å². The molecule has 2 rings (SSSR count). The van der Waals surface area contributed by atoms with Gasteiger partial charge in [-0.15, -0.1) is 0 Å². The second-order valence-electron chi connectivity index (χ2n) is 4.50. The summed E-state index contributed by atoms with van der Waals surface area (Å²) in [5.41, 5.74) is 2.03. The van der Waals surface area contributed by atoms with Crippen molar-refractivity contribution in [3.05, 3.63) is 35.1 Å². The van der Waals surface area contributed by atoms with Crippen LogP contribution in [0.4, 0.5) is 4.39 Å². The lowest BCUT2D eigenvalue weighted by Crippen LogP contribution is -2.30. The van der Waals surface area contributed by atoms with Gasteiger partial charge in [0.1, 0.15) is 5.82 Å². The number of rotatable bonds is 2. The Labute approximate surface area is 90.7 Å². The molecule has 1 aromatic rings. The maximum Gasteiger partial charge on any atom is 0.126 e. The summed E-state index contributed by atoms with van der Waals surface area (Å²) in [5, 5.41) is 3.41. The average Bonchev–Trinajstić information content (AvgIpc) is 2.25. The Bertz CT molecular complexity index is 329. The molecular formula is C13H18FN. The van der Waals surface area contributed by atoms with Crippen LogP contribution in [-0.2, 0) is 6.42 Å². The van der Waals surface area contributed by atoms with Crippen molar-refractivity contribution >= 4 is 0 Å². The summed E-state index contributed by atoms with van der Waals surface area (Å²) in [6, 6.07) is 5.47. The molecular weight excluding hydrogens is 189 g/mol. The molecule has 15 heavy (non-hydrogen) atoms. The average molecular weight is 207 g/mol. The van der Waals surface area contributed by atoms with Crippen molar-refractivity contribution in [3.63, 3.8) is 0 Å². The molecule has 0 bridgehead atoms. The molecule has 1 atom stereocenters. The third kappa shape index (κ3) is 2.78. The summed E-state index contributed by atoms with van der Waals surface area (Å²) < 4.78 is 13.1. The van der Waals surface area contributed by atoms with Gasteiger partial charge >= 0.3 is 0 Å². The largest absolute Gasteiger partial charge is 0.316 e. The summed E-state index contributed by atoms with van der Waals surface area (Å²) in [7, 11) is 0. The maximum absolute atomic E-state index is 13.1. The number of nitrogens with one attached hydrogen (secondary N) is 1. The third-order valence-corrected chi connectivity index (χ3v) is 3.15. The highest BCUT2D eigenvalue weighted by molar-refractivity contribution is 5.24. The van der Waals surface area contributed by atoms with Gasteiger partial charge in [0.15, 0.2) is 0 Å². The molecule has 1 aliphatic rings. The second-order valence-corrected chi connectivity index (χ2v) is 4.50. The van der Waals surface area contributed by atoms with Crippen LogP contribution >= 0.6 is 0 Å². The van der Waals surface area contributed by atoms with E-state index in [1.54, 1.807) is 6.07 Å². The summed E-state index contributed by atoms with van der Waals surface area (Å²) in [4.78, 5) is 0. The van der Waals surface area contributed by atoms with Crippen LogP contribution in [0, 0.1) is 18.7 Å². The Hall–Kier alpha value is -0.890. The van der Waals surface area contributed by atoms with E-state index < -0.39 is 0 Å². The number of halogens is 1. The molecule has 0 radical (unpaired) electrons. The first-order chi connectivity index (χ1) is 7.25. The van der Waals surface area contributed by atoms with E-state index in [9.17, 15) is 4.39 Å². The van der Waals surface area contributed by atoms with E-state index in [1.807, 2.05) is 19.1 Å². The van der Waals surface area contributed by atoms with Gasteiger partial charge in [-0.25, -0.2) is 4.39 Å². The highest BCUT2D eigenvalue weighted by Gasteiger charge is 2.13. The summed E-state index contributed by atoms with van der Waals surface area (Å²) in [5.74, 6) is 0.629. The molecule has 82 valence electrons. The zero-order valence-corrected chi connectivity index (χ0v) is 9.22. The molecule has 1 heterocycles. The van der Waals surface area contributed by atoms with Crippen LogP contribution in [0.25, 0.3) is 0 Å². The first-order valence-corrected chi connectivity index (χ1v) is 5.71. The van der Waals surface area contributed by atoms with Crippen molar-refractivity contribution < 1.29 is 4.39 Å². The Morgan fingerprint density at radius 1 is 1.47 bits per heavy atom. The molecule has 1 N–H and O–H groups in total. The van der Waals surface area contributed by atoms with E-state index in [4.69, 9.17) is 0 Å². The molecule has 0 spiro atoms. The van der Waals surface area contributed by atoms with Crippen LogP contribution < -0.4 is 5.32 Å². The quantitative estimate of drug-likeness (QED) is 0.786. The van der Waals surface area contributed by atoms with Crippen molar-refractivity contribution in [2.24, 2.45) is 5.92 Å². The zero-order valence-electron chi connectivity index (χ0n) is 9.22.